The predicted molar refractivity (Wildman–Crippen MR) is 70.1 cm³/mol. The van der Waals surface area contributed by atoms with Crippen LogP contribution >= 0.6 is 0 Å². The lowest BCUT2D eigenvalue weighted by Gasteiger charge is -2.24. The molecule has 92 valence electrons. The van der Waals surface area contributed by atoms with Gasteiger partial charge in [0.2, 0.25) is 0 Å². The molecule has 2 nitrogen and oxygen atoms in total. The largest absolute Gasteiger partial charge is 1.00 e. The van der Waals surface area contributed by atoms with Crippen LogP contribution in [0, 0.1) is 0 Å². The van der Waals surface area contributed by atoms with Gasteiger partial charge in [0.15, 0.2) is 0 Å². The number of halogens is 1. The summed E-state index contributed by atoms with van der Waals surface area (Å²) < 4.78 is 0.934. The average molecular weight is 251 g/mol. The van der Waals surface area contributed by atoms with Crippen LogP contribution in [0.15, 0.2) is 36.4 Å². The number of hydrogen-bond acceptors (Lipinski definition) is 1. The van der Waals surface area contributed by atoms with Crippen LogP contribution in [0.25, 0.3) is 10.8 Å². The number of nitrogens with zero attached hydrogens (tertiary/aromatic N) is 1. The van der Waals surface area contributed by atoms with E-state index in [-0.39, 0.29) is 12.4 Å². The van der Waals surface area contributed by atoms with Crippen molar-refractivity contribution in [2.24, 2.45) is 0 Å². The van der Waals surface area contributed by atoms with Crippen molar-refractivity contribution in [3.05, 3.63) is 42.0 Å². The average Bonchev–Trinajstić information content (AvgIpc) is 2.15. The summed E-state index contributed by atoms with van der Waals surface area (Å²) in [5.41, 5.74) is 8.01. The van der Waals surface area contributed by atoms with Crippen LogP contribution in [0.1, 0.15) is 5.56 Å². The molecule has 0 bridgehead atoms. The van der Waals surface area contributed by atoms with Crippen molar-refractivity contribution in [2.75, 3.05) is 26.9 Å². The molecule has 0 saturated carbocycles. The molecule has 0 unspecified atom stereocenters. The third kappa shape index (κ3) is 3.35. The summed E-state index contributed by atoms with van der Waals surface area (Å²) in [5.74, 6) is 0. The summed E-state index contributed by atoms with van der Waals surface area (Å²) in [6, 6.07) is 12.5. The van der Waals surface area contributed by atoms with Crippen molar-refractivity contribution in [3.8, 4) is 0 Å². The maximum atomic E-state index is 5.80. The van der Waals surface area contributed by atoms with E-state index in [1.807, 2.05) is 12.1 Å². The minimum absolute atomic E-state index is 0. The Balaban J connectivity index is 0.00000144. The molecule has 2 aromatic carbocycles. The van der Waals surface area contributed by atoms with Gasteiger partial charge in [0.1, 0.15) is 6.54 Å². The quantitative estimate of drug-likeness (QED) is 0.572. The first-order valence-electron chi connectivity index (χ1n) is 5.53. The number of rotatable bonds is 2. The van der Waals surface area contributed by atoms with E-state index in [1.54, 1.807) is 0 Å². The van der Waals surface area contributed by atoms with Crippen molar-refractivity contribution >= 4 is 16.5 Å². The number of quaternary nitrogens is 1. The van der Waals surface area contributed by atoms with E-state index in [2.05, 4.69) is 45.4 Å². The first kappa shape index (κ1) is 13.8. The highest BCUT2D eigenvalue weighted by Gasteiger charge is 2.10. The number of nitrogens with two attached hydrogens (primary N) is 1. The summed E-state index contributed by atoms with van der Waals surface area (Å²) in [4.78, 5) is 0. The van der Waals surface area contributed by atoms with Crippen molar-refractivity contribution in [2.45, 2.75) is 6.54 Å². The second-order valence-corrected chi connectivity index (χ2v) is 5.35. The molecular formula is C14H19ClN2. The zero-order chi connectivity index (χ0) is 11.8. The van der Waals surface area contributed by atoms with Crippen molar-refractivity contribution < 1.29 is 16.9 Å². The van der Waals surface area contributed by atoms with Gasteiger partial charge in [-0.05, 0) is 22.9 Å². The van der Waals surface area contributed by atoms with Gasteiger partial charge in [-0.3, -0.25) is 0 Å². The van der Waals surface area contributed by atoms with E-state index in [4.69, 9.17) is 5.73 Å². The standard InChI is InChI=1S/C14H19N2.ClH/c1-16(2,3)10-12-6-4-5-11-9-13(15)7-8-14(11)12;/h4-9H,10,15H2,1-3H3;1H/q+1;/p-1. The van der Waals surface area contributed by atoms with Crippen molar-refractivity contribution in [3.63, 3.8) is 0 Å². The van der Waals surface area contributed by atoms with E-state index in [0.717, 1.165) is 16.7 Å². The van der Waals surface area contributed by atoms with Crippen LogP contribution in [-0.2, 0) is 6.54 Å². The molecule has 0 aliphatic heterocycles. The van der Waals surface area contributed by atoms with Gasteiger partial charge < -0.3 is 22.6 Å². The Kier molecular flexibility index (Phi) is 4.02. The summed E-state index contributed by atoms with van der Waals surface area (Å²) in [6.45, 7) is 1.03. The van der Waals surface area contributed by atoms with E-state index < -0.39 is 0 Å². The monoisotopic (exact) mass is 250 g/mol. The molecule has 0 aliphatic rings. The van der Waals surface area contributed by atoms with Crippen LogP contribution < -0.4 is 18.1 Å². The molecule has 2 N–H and O–H groups in total. The van der Waals surface area contributed by atoms with Gasteiger partial charge in [-0.1, -0.05) is 24.3 Å². The summed E-state index contributed by atoms with van der Waals surface area (Å²) in [5, 5.41) is 2.54. The lowest BCUT2D eigenvalue weighted by molar-refractivity contribution is -0.883. The summed E-state index contributed by atoms with van der Waals surface area (Å²) >= 11 is 0. The Morgan fingerprint density at radius 3 is 2.41 bits per heavy atom. The fourth-order valence-electron chi connectivity index (χ4n) is 2.02. The van der Waals surface area contributed by atoms with Gasteiger partial charge in [0, 0.05) is 11.3 Å². The SMILES string of the molecule is C[N+](C)(C)Cc1cccc2cc(N)ccc12.[Cl-]. The third-order valence-corrected chi connectivity index (χ3v) is 2.64. The number of anilines is 1. The molecule has 17 heavy (non-hydrogen) atoms. The second-order valence-electron chi connectivity index (χ2n) is 5.35. The molecule has 0 saturated heterocycles. The molecule has 0 spiro atoms. The maximum absolute atomic E-state index is 5.80. The number of benzene rings is 2. The van der Waals surface area contributed by atoms with E-state index in [1.165, 1.54) is 16.3 Å². The van der Waals surface area contributed by atoms with E-state index >= 15 is 0 Å². The highest BCUT2D eigenvalue weighted by atomic mass is 35.5. The topological polar surface area (TPSA) is 26.0 Å². The van der Waals surface area contributed by atoms with Crippen molar-refractivity contribution in [1.29, 1.82) is 0 Å². The molecule has 0 radical (unpaired) electrons. The Morgan fingerprint density at radius 2 is 1.76 bits per heavy atom. The number of fused-ring (bicyclic) bond motifs is 1. The highest BCUT2D eigenvalue weighted by molar-refractivity contribution is 5.88. The maximum Gasteiger partial charge on any atom is 0.104 e. The molecule has 0 aliphatic carbocycles. The molecule has 3 heteroatoms. The van der Waals surface area contributed by atoms with Crippen LogP contribution in [0.2, 0.25) is 0 Å². The van der Waals surface area contributed by atoms with Gasteiger partial charge in [0.25, 0.3) is 0 Å². The Labute approximate surface area is 109 Å². The molecule has 0 fully saturated rings. The molecule has 0 heterocycles. The molecule has 2 rings (SSSR count). The fourth-order valence-corrected chi connectivity index (χ4v) is 2.02. The summed E-state index contributed by atoms with van der Waals surface area (Å²) in [7, 11) is 6.61. The first-order valence-corrected chi connectivity index (χ1v) is 5.53. The van der Waals surface area contributed by atoms with Crippen molar-refractivity contribution in [1.82, 2.24) is 0 Å². The minimum Gasteiger partial charge on any atom is -1.00 e. The van der Waals surface area contributed by atoms with Gasteiger partial charge in [-0.25, -0.2) is 0 Å². The zero-order valence-electron chi connectivity index (χ0n) is 10.6. The zero-order valence-corrected chi connectivity index (χ0v) is 11.3. The molecule has 0 amide bonds. The molecule has 0 aromatic heterocycles. The smallest absolute Gasteiger partial charge is 0.104 e. The molecular weight excluding hydrogens is 232 g/mol. The van der Waals surface area contributed by atoms with Gasteiger partial charge in [-0.15, -0.1) is 0 Å². The predicted octanol–water partition coefficient (Wildman–Crippen LogP) is -0.368. The Hall–Kier alpha value is -1.25. The third-order valence-electron chi connectivity index (χ3n) is 2.64. The first-order chi connectivity index (χ1) is 7.46. The summed E-state index contributed by atoms with van der Waals surface area (Å²) in [6.07, 6.45) is 0. The Morgan fingerprint density at radius 1 is 1.06 bits per heavy atom. The lowest BCUT2D eigenvalue weighted by atomic mass is 10.0. The lowest BCUT2D eigenvalue weighted by Crippen LogP contribution is -3.00. The van der Waals surface area contributed by atoms with E-state index in [0.29, 0.717) is 0 Å². The van der Waals surface area contributed by atoms with Crippen LogP contribution in [0.3, 0.4) is 0 Å². The molecule has 0 atom stereocenters. The fraction of sp³-hybridized carbons (Fsp3) is 0.286. The second kappa shape index (κ2) is 4.94. The number of nitrogen functional groups attached to an aromatic ring is 1. The van der Waals surface area contributed by atoms with Gasteiger partial charge in [-0.2, -0.15) is 0 Å². The Bertz CT molecular complexity index is 515. The minimum atomic E-state index is 0. The van der Waals surface area contributed by atoms with Gasteiger partial charge in [0.05, 0.1) is 21.1 Å². The van der Waals surface area contributed by atoms with Crippen LogP contribution in [0.4, 0.5) is 5.69 Å². The molecule has 2 aromatic rings. The van der Waals surface area contributed by atoms with Crippen LogP contribution in [-0.4, -0.2) is 25.6 Å². The highest BCUT2D eigenvalue weighted by Crippen LogP contribution is 2.23. The van der Waals surface area contributed by atoms with Crippen LogP contribution in [0.5, 0.6) is 0 Å². The normalized spacial score (nSPS) is 11.2. The number of hydrogen-bond donors (Lipinski definition) is 1. The van der Waals surface area contributed by atoms with Gasteiger partial charge >= 0.3 is 0 Å². The van der Waals surface area contributed by atoms with E-state index in [9.17, 15) is 0 Å².